The van der Waals surface area contributed by atoms with Gasteiger partial charge in [0.15, 0.2) is 11.5 Å². The second-order valence-corrected chi connectivity index (χ2v) is 15.2. The highest BCUT2D eigenvalue weighted by Crippen LogP contribution is 2.72. The normalized spacial score (nSPS) is 52.8. The van der Waals surface area contributed by atoms with Gasteiger partial charge in [-0.05, 0) is 79.9 Å². The first-order valence-electron chi connectivity index (χ1n) is 15.0. The van der Waals surface area contributed by atoms with Gasteiger partial charge in [0.1, 0.15) is 12.3 Å². The summed E-state index contributed by atoms with van der Waals surface area (Å²) >= 11 is 0. The Bertz CT molecular complexity index is 1270. The second-order valence-electron chi connectivity index (χ2n) is 15.2. The van der Waals surface area contributed by atoms with E-state index in [1.807, 2.05) is 0 Å². The Balaban J connectivity index is 1.34. The van der Waals surface area contributed by atoms with Crippen LogP contribution in [0.25, 0.3) is 0 Å². The summed E-state index contributed by atoms with van der Waals surface area (Å²) in [4.78, 5) is 38.6. The van der Waals surface area contributed by atoms with E-state index in [0.29, 0.717) is 6.42 Å². The van der Waals surface area contributed by atoms with Crippen molar-refractivity contribution >= 4 is 17.9 Å². The molecule has 0 amide bonds. The minimum atomic E-state index is -2.35. The van der Waals surface area contributed by atoms with E-state index in [-0.39, 0.29) is 41.6 Å². The quantitative estimate of drug-likeness (QED) is 0.412. The molecule has 0 aromatic rings. The number of hydrogen-bond donors (Lipinski definition) is 2. The number of fused-ring (bicyclic) bond motifs is 7. The van der Waals surface area contributed by atoms with E-state index in [4.69, 9.17) is 9.47 Å². The molecule has 6 aliphatic carbocycles. The second kappa shape index (κ2) is 8.42. The lowest BCUT2D eigenvalue weighted by atomic mass is 9.44. The van der Waals surface area contributed by atoms with Gasteiger partial charge < -0.3 is 19.7 Å². The number of aliphatic carboxylic acids is 1. The topological polar surface area (TPSA) is 110 Å². The Labute approximate surface area is 239 Å². The van der Waals surface area contributed by atoms with Gasteiger partial charge in [-0.1, -0.05) is 40.7 Å². The van der Waals surface area contributed by atoms with Gasteiger partial charge >= 0.3 is 12.1 Å². The summed E-state index contributed by atoms with van der Waals surface area (Å²) in [5.74, 6) is -4.21. The molecule has 0 heterocycles. The average Bonchev–Trinajstić information content (AvgIpc) is 3.31. The molecule has 0 radical (unpaired) electrons. The molecule has 0 spiro atoms. The highest BCUT2D eigenvalue weighted by Gasteiger charge is 2.79. The highest BCUT2D eigenvalue weighted by atomic mass is 19.1. The minimum absolute atomic E-state index is 0.00394. The molecule has 6 aliphatic rings. The number of ether oxygens (including phenoxy) is 2. The Morgan fingerprint density at radius 1 is 1.05 bits per heavy atom. The number of carbonyl (C=O) groups excluding carboxylic acids is 2. The van der Waals surface area contributed by atoms with Crippen molar-refractivity contribution in [1.29, 1.82) is 0 Å². The number of aliphatic hydroxyl groups excluding tert-OH is 1. The smallest absolute Gasteiger partial charge is 0.478 e. The number of allylic oxidation sites excluding steroid dienone is 4. The SMILES string of the molecule is C[C@@H]1C[C@H]2[C@@H]3C[C@H](F)C4=CC(=O)C=C[C@]4(C)[C@@]3(F)[C@@H](O)C[C@]2(C)[C@@]1(OC(=O)O[C@@H]1C[C@]2(C)CC[C@H]1C2(C)C)C(=O)O. The Kier molecular flexibility index (Phi) is 5.91. The lowest BCUT2D eigenvalue weighted by Crippen LogP contribution is -2.71. The predicted molar refractivity (Wildman–Crippen MR) is 144 cm³/mol. The summed E-state index contributed by atoms with van der Waals surface area (Å²) in [7, 11) is 0. The van der Waals surface area contributed by atoms with Crippen LogP contribution in [-0.2, 0) is 19.1 Å². The Morgan fingerprint density at radius 2 is 1.73 bits per heavy atom. The zero-order valence-electron chi connectivity index (χ0n) is 24.7. The summed E-state index contributed by atoms with van der Waals surface area (Å²) in [6.45, 7) is 11.3. The summed E-state index contributed by atoms with van der Waals surface area (Å²) in [6.07, 6.45) is 1.05. The molecule has 2 bridgehead atoms. The highest BCUT2D eigenvalue weighted by molar-refractivity contribution is 6.01. The van der Waals surface area contributed by atoms with Crippen LogP contribution in [-0.4, -0.2) is 57.8 Å². The Hall–Kier alpha value is -2.29. The van der Waals surface area contributed by atoms with Crippen LogP contribution in [0, 0.1) is 45.3 Å². The van der Waals surface area contributed by atoms with Gasteiger partial charge in [-0.25, -0.2) is 18.4 Å². The molecule has 6 rings (SSSR count). The van der Waals surface area contributed by atoms with Crippen LogP contribution in [0.2, 0.25) is 0 Å². The molecule has 0 unspecified atom stereocenters. The first-order chi connectivity index (χ1) is 18.9. The van der Waals surface area contributed by atoms with Crippen LogP contribution in [0.4, 0.5) is 13.6 Å². The first kappa shape index (κ1) is 28.8. The zero-order valence-corrected chi connectivity index (χ0v) is 24.7. The molecule has 41 heavy (non-hydrogen) atoms. The van der Waals surface area contributed by atoms with Crippen molar-refractivity contribution in [3.05, 3.63) is 23.8 Å². The van der Waals surface area contributed by atoms with E-state index in [0.717, 1.165) is 18.9 Å². The van der Waals surface area contributed by atoms with Crippen molar-refractivity contribution in [3.63, 3.8) is 0 Å². The maximum Gasteiger partial charge on any atom is 0.509 e. The van der Waals surface area contributed by atoms with Crippen molar-refractivity contribution in [3.8, 4) is 0 Å². The number of alkyl halides is 2. The Morgan fingerprint density at radius 3 is 2.32 bits per heavy atom. The molecule has 12 atom stereocenters. The van der Waals surface area contributed by atoms with E-state index < -0.39 is 76.1 Å². The monoisotopic (exact) mass is 576 g/mol. The third kappa shape index (κ3) is 3.25. The lowest BCUT2D eigenvalue weighted by Gasteiger charge is -2.62. The van der Waals surface area contributed by atoms with E-state index in [1.165, 1.54) is 19.1 Å². The molecular weight excluding hydrogens is 534 g/mol. The molecule has 0 aromatic carbocycles. The van der Waals surface area contributed by atoms with Crippen LogP contribution in [0.1, 0.15) is 80.1 Å². The molecule has 2 N–H and O–H groups in total. The molecule has 0 saturated heterocycles. The lowest BCUT2D eigenvalue weighted by molar-refractivity contribution is -0.232. The number of carbonyl (C=O) groups is 3. The number of carboxylic acids is 1. The van der Waals surface area contributed by atoms with Gasteiger partial charge in [0.05, 0.1) is 6.10 Å². The average molecular weight is 577 g/mol. The van der Waals surface area contributed by atoms with Gasteiger partial charge in [0, 0.05) is 28.6 Å². The van der Waals surface area contributed by atoms with Crippen molar-refractivity contribution < 1.29 is 42.9 Å². The maximum atomic E-state index is 17.4. The van der Waals surface area contributed by atoms with Crippen molar-refractivity contribution in [2.45, 2.75) is 110 Å². The number of aliphatic hydroxyl groups is 1. The first-order valence-corrected chi connectivity index (χ1v) is 15.0. The summed E-state index contributed by atoms with van der Waals surface area (Å²) in [5.41, 5.74) is -7.45. The molecule has 0 aliphatic heterocycles. The molecule has 7 nitrogen and oxygen atoms in total. The molecule has 226 valence electrons. The van der Waals surface area contributed by atoms with Gasteiger partial charge in [-0.3, -0.25) is 4.79 Å². The van der Waals surface area contributed by atoms with Crippen LogP contribution >= 0.6 is 0 Å². The minimum Gasteiger partial charge on any atom is -0.478 e. The van der Waals surface area contributed by atoms with Gasteiger partial charge in [0.25, 0.3) is 0 Å². The van der Waals surface area contributed by atoms with E-state index in [9.17, 15) is 24.6 Å². The van der Waals surface area contributed by atoms with Crippen LogP contribution in [0.5, 0.6) is 0 Å². The van der Waals surface area contributed by atoms with E-state index in [1.54, 1.807) is 13.8 Å². The summed E-state index contributed by atoms with van der Waals surface area (Å²) in [6, 6.07) is 0. The number of carboxylic acid groups (broad SMARTS) is 1. The van der Waals surface area contributed by atoms with Crippen molar-refractivity contribution in [1.82, 2.24) is 0 Å². The van der Waals surface area contributed by atoms with Gasteiger partial charge in [-0.15, -0.1) is 0 Å². The molecule has 5 fully saturated rings. The molecule has 5 saturated carbocycles. The maximum absolute atomic E-state index is 17.4. The number of hydrogen-bond acceptors (Lipinski definition) is 6. The van der Waals surface area contributed by atoms with Crippen molar-refractivity contribution in [2.75, 3.05) is 0 Å². The fourth-order valence-electron chi connectivity index (χ4n) is 10.9. The van der Waals surface area contributed by atoms with Crippen LogP contribution in [0.15, 0.2) is 23.8 Å². The van der Waals surface area contributed by atoms with E-state index in [2.05, 4.69) is 20.8 Å². The number of halogens is 2. The molecule has 9 heteroatoms. The third-order valence-electron chi connectivity index (χ3n) is 13.6. The number of ketones is 1. The fourth-order valence-corrected chi connectivity index (χ4v) is 10.9. The fraction of sp³-hybridized carbons (Fsp3) is 0.781. The molecule has 0 aromatic heterocycles. The van der Waals surface area contributed by atoms with Gasteiger partial charge in [-0.2, -0.15) is 0 Å². The van der Waals surface area contributed by atoms with Gasteiger partial charge in [0.2, 0.25) is 5.60 Å². The van der Waals surface area contributed by atoms with Crippen molar-refractivity contribution in [2.24, 2.45) is 45.3 Å². The van der Waals surface area contributed by atoms with Crippen LogP contribution in [0.3, 0.4) is 0 Å². The zero-order chi connectivity index (χ0) is 30.1. The van der Waals surface area contributed by atoms with E-state index >= 15 is 8.78 Å². The molecular formula is C32H42F2O7. The third-order valence-corrected chi connectivity index (χ3v) is 13.6. The summed E-state index contributed by atoms with van der Waals surface area (Å²) < 4.78 is 44.9. The predicted octanol–water partition coefficient (Wildman–Crippen LogP) is 5.74. The number of rotatable bonds is 3. The van der Waals surface area contributed by atoms with Crippen LogP contribution < -0.4 is 0 Å². The summed E-state index contributed by atoms with van der Waals surface area (Å²) in [5, 5.41) is 22.2. The largest absolute Gasteiger partial charge is 0.509 e. The standard InChI is InChI=1S/C32H42F2O7/c1-16-11-19-20-13-22(33)21-12-17(35)7-10-29(21,5)31(20,34)24(36)15-30(19,6)32(16,25(37)38)41-26(39)40-23-14-28(4)9-8-18(23)27(28,2)3/h7,10,12,16,18-20,22-24,36H,8-9,11,13-15H2,1-6H3,(H,37,38)/t16-,18-,19+,20+,22+,23-,24+,28+,29+,30+,31+,32+/m1/s1.